The van der Waals surface area contributed by atoms with Crippen molar-refractivity contribution in [2.75, 3.05) is 17.7 Å². The Morgan fingerprint density at radius 2 is 1.90 bits per heavy atom. The van der Waals surface area contributed by atoms with Gasteiger partial charge in [0.05, 0.1) is 16.9 Å². The molecule has 2 rings (SSSR count). The highest BCUT2D eigenvalue weighted by atomic mass is 16.4. The van der Waals surface area contributed by atoms with Crippen LogP contribution in [0.5, 0.6) is 0 Å². The number of amides is 1. The Labute approximate surface area is 115 Å². The molecular weight excluding hydrogens is 258 g/mol. The number of anilines is 2. The molecule has 0 radical (unpaired) electrons. The number of para-hydroxylation sites is 1. The van der Waals surface area contributed by atoms with Crippen molar-refractivity contribution in [3.8, 4) is 0 Å². The summed E-state index contributed by atoms with van der Waals surface area (Å²) in [5.41, 5.74) is 6.38. The molecule has 20 heavy (non-hydrogen) atoms. The number of benzene rings is 1. The summed E-state index contributed by atoms with van der Waals surface area (Å²) in [7, 11) is 1.48. The van der Waals surface area contributed by atoms with Crippen molar-refractivity contribution in [3.05, 3.63) is 53.9 Å². The molecule has 1 aromatic carbocycles. The average Bonchev–Trinajstić information content (AvgIpc) is 2.46. The first-order valence-corrected chi connectivity index (χ1v) is 5.83. The average molecular weight is 271 g/mol. The highest BCUT2D eigenvalue weighted by molar-refractivity contribution is 6.10. The number of carboxylic acid groups (broad SMARTS) is 1. The van der Waals surface area contributed by atoms with Crippen LogP contribution in [0.1, 0.15) is 20.8 Å². The smallest absolute Gasteiger partial charge is 0.337 e. The fourth-order valence-electron chi connectivity index (χ4n) is 1.81. The maximum atomic E-state index is 12.3. The zero-order valence-electron chi connectivity index (χ0n) is 10.8. The summed E-state index contributed by atoms with van der Waals surface area (Å²) in [6.07, 6.45) is 1.46. The van der Waals surface area contributed by atoms with Gasteiger partial charge < -0.3 is 15.7 Å². The Hall–Kier alpha value is -2.89. The van der Waals surface area contributed by atoms with Crippen LogP contribution in [0.15, 0.2) is 42.6 Å². The summed E-state index contributed by atoms with van der Waals surface area (Å²) >= 11 is 0. The third-order valence-corrected chi connectivity index (χ3v) is 2.84. The topological polar surface area (TPSA) is 96.5 Å². The summed E-state index contributed by atoms with van der Waals surface area (Å²) in [5.74, 6) is -1.56. The fourth-order valence-corrected chi connectivity index (χ4v) is 1.81. The molecule has 1 heterocycles. The summed E-state index contributed by atoms with van der Waals surface area (Å²) in [5, 5.41) is 9.14. The summed E-state index contributed by atoms with van der Waals surface area (Å²) in [6, 6.07) is 9.44. The minimum Gasteiger partial charge on any atom is -0.478 e. The molecule has 3 N–H and O–H groups in total. The monoisotopic (exact) mass is 271 g/mol. The van der Waals surface area contributed by atoms with Crippen molar-refractivity contribution in [3.63, 3.8) is 0 Å². The Morgan fingerprint density at radius 3 is 2.55 bits per heavy atom. The number of nitrogen functional groups attached to an aromatic ring is 1. The molecule has 0 atom stereocenters. The van der Waals surface area contributed by atoms with E-state index in [1.807, 2.05) is 0 Å². The van der Waals surface area contributed by atoms with Gasteiger partial charge in [0.15, 0.2) is 5.69 Å². The number of carboxylic acids is 1. The van der Waals surface area contributed by atoms with Crippen LogP contribution in [0.25, 0.3) is 0 Å². The minimum atomic E-state index is -1.10. The van der Waals surface area contributed by atoms with E-state index in [1.165, 1.54) is 24.2 Å². The van der Waals surface area contributed by atoms with Gasteiger partial charge in [-0.15, -0.1) is 0 Å². The lowest BCUT2D eigenvalue weighted by atomic mass is 10.1. The lowest BCUT2D eigenvalue weighted by molar-refractivity contribution is 0.0697. The second-order valence-corrected chi connectivity index (χ2v) is 4.13. The van der Waals surface area contributed by atoms with Gasteiger partial charge in [-0.1, -0.05) is 12.1 Å². The summed E-state index contributed by atoms with van der Waals surface area (Å²) < 4.78 is 0. The molecule has 6 heteroatoms. The molecule has 0 spiro atoms. The highest BCUT2D eigenvalue weighted by Crippen LogP contribution is 2.21. The number of carbonyl (C=O) groups excluding carboxylic acids is 1. The fraction of sp³-hybridized carbons (Fsp3) is 0.0714. The predicted octanol–water partition coefficient (Wildman–Crippen LogP) is 1.64. The van der Waals surface area contributed by atoms with Gasteiger partial charge in [-0.2, -0.15) is 0 Å². The molecule has 0 aliphatic carbocycles. The van der Waals surface area contributed by atoms with Gasteiger partial charge in [-0.3, -0.25) is 4.79 Å². The Morgan fingerprint density at radius 1 is 1.20 bits per heavy atom. The largest absolute Gasteiger partial charge is 0.478 e. The number of nitrogens with zero attached hydrogens (tertiary/aromatic N) is 2. The normalized spacial score (nSPS) is 10.1. The molecule has 0 aliphatic rings. The number of hydrogen-bond acceptors (Lipinski definition) is 4. The maximum Gasteiger partial charge on any atom is 0.337 e. The zero-order valence-corrected chi connectivity index (χ0v) is 10.8. The van der Waals surface area contributed by atoms with E-state index in [9.17, 15) is 9.59 Å². The second kappa shape index (κ2) is 5.40. The first-order chi connectivity index (χ1) is 9.52. The van der Waals surface area contributed by atoms with Crippen molar-refractivity contribution in [2.24, 2.45) is 0 Å². The molecule has 0 saturated carbocycles. The van der Waals surface area contributed by atoms with Crippen molar-refractivity contribution in [1.82, 2.24) is 4.98 Å². The van der Waals surface area contributed by atoms with E-state index in [0.29, 0.717) is 0 Å². The van der Waals surface area contributed by atoms with Crippen molar-refractivity contribution in [2.45, 2.75) is 0 Å². The van der Waals surface area contributed by atoms with Gasteiger partial charge in [0.25, 0.3) is 5.91 Å². The molecule has 1 amide bonds. The van der Waals surface area contributed by atoms with E-state index in [4.69, 9.17) is 10.8 Å². The zero-order chi connectivity index (χ0) is 14.7. The number of aromatic nitrogens is 1. The summed E-state index contributed by atoms with van der Waals surface area (Å²) in [4.78, 5) is 28.7. The molecule has 6 nitrogen and oxygen atoms in total. The van der Waals surface area contributed by atoms with Gasteiger partial charge >= 0.3 is 5.97 Å². The van der Waals surface area contributed by atoms with Gasteiger partial charge in [-0.25, -0.2) is 9.78 Å². The van der Waals surface area contributed by atoms with Crippen LogP contribution in [-0.2, 0) is 0 Å². The third kappa shape index (κ3) is 2.44. The molecule has 0 aliphatic heterocycles. The van der Waals surface area contributed by atoms with E-state index in [2.05, 4.69) is 4.98 Å². The van der Waals surface area contributed by atoms with Crippen molar-refractivity contribution >= 4 is 23.3 Å². The number of nitrogens with two attached hydrogens (primary N) is 1. The molecule has 0 unspecified atom stereocenters. The van der Waals surface area contributed by atoms with Gasteiger partial charge in [0.1, 0.15) is 0 Å². The van der Waals surface area contributed by atoms with Crippen molar-refractivity contribution in [1.29, 1.82) is 0 Å². The number of hydrogen-bond donors (Lipinski definition) is 2. The lowest BCUT2D eigenvalue weighted by Gasteiger charge is -2.19. The molecular formula is C14H13N3O3. The van der Waals surface area contributed by atoms with Crippen LogP contribution < -0.4 is 10.6 Å². The van der Waals surface area contributed by atoms with E-state index < -0.39 is 11.9 Å². The van der Waals surface area contributed by atoms with Crippen LogP contribution >= 0.6 is 0 Å². The molecule has 102 valence electrons. The third-order valence-electron chi connectivity index (χ3n) is 2.84. The van der Waals surface area contributed by atoms with E-state index >= 15 is 0 Å². The molecule has 1 aromatic heterocycles. The molecule has 0 fully saturated rings. The Bertz CT molecular complexity index is 670. The van der Waals surface area contributed by atoms with Crippen LogP contribution in [-0.4, -0.2) is 29.0 Å². The van der Waals surface area contributed by atoms with Crippen LogP contribution in [0.4, 0.5) is 11.4 Å². The molecule has 0 saturated heterocycles. The second-order valence-electron chi connectivity index (χ2n) is 4.13. The van der Waals surface area contributed by atoms with Gasteiger partial charge in [0.2, 0.25) is 0 Å². The van der Waals surface area contributed by atoms with Gasteiger partial charge in [-0.05, 0) is 24.3 Å². The quantitative estimate of drug-likeness (QED) is 0.884. The van der Waals surface area contributed by atoms with E-state index in [0.717, 1.165) is 0 Å². The van der Waals surface area contributed by atoms with Crippen molar-refractivity contribution < 1.29 is 14.7 Å². The van der Waals surface area contributed by atoms with Crippen LogP contribution in [0, 0.1) is 0 Å². The van der Waals surface area contributed by atoms with Crippen LogP contribution in [0.2, 0.25) is 0 Å². The van der Waals surface area contributed by atoms with E-state index in [1.54, 1.807) is 30.3 Å². The SMILES string of the molecule is CN(C(=O)c1ncccc1N)c1ccccc1C(=O)O. The summed E-state index contributed by atoms with van der Waals surface area (Å²) in [6.45, 7) is 0. The Balaban J connectivity index is 2.42. The predicted molar refractivity (Wildman–Crippen MR) is 74.8 cm³/mol. The number of aromatic carboxylic acids is 1. The minimum absolute atomic E-state index is 0.0397. The molecule has 0 bridgehead atoms. The van der Waals surface area contributed by atoms with E-state index in [-0.39, 0.29) is 22.6 Å². The molecule has 2 aromatic rings. The maximum absolute atomic E-state index is 12.3. The van der Waals surface area contributed by atoms with Gasteiger partial charge in [0, 0.05) is 13.2 Å². The lowest BCUT2D eigenvalue weighted by Crippen LogP contribution is -2.29. The number of rotatable bonds is 3. The standard InChI is InChI=1S/C14H13N3O3/c1-17(11-7-3-2-5-9(11)14(19)20)13(18)12-10(15)6-4-8-16-12/h2-8H,15H2,1H3,(H,19,20). The highest BCUT2D eigenvalue weighted by Gasteiger charge is 2.21. The first-order valence-electron chi connectivity index (χ1n) is 5.83. The first kappa shape index (κ1) is 13.5. The number of pyridine rings is 1. The number of carbonyl (C=O) groups is 2. The Kier molecular flexibility index (Phi) is 3.65. The van der Waals surface area contributed by atoms with Crippen LogP contribution in [0.3, 0.4) is 0 Å².